The molecule has 1 N–H and O–H groups in total. The number of rotatable bonds is 2. The van der Waals surface area contributed by atoms with Crippen LogP contribution in [0, 0.1) is 4.77 Å². The predicted octanol–water partition coefficient (Wildman–Crippen LogP) is 2.48. The molecule has 0 saturated heterocycles. The second-order valence-corrected chi connectivity index (χ2v) is 4.58. The number of fused-ring (bicyclic) bond motifs is 1. The Bertz CT molecular complexity index is 574. The van der Waals surface area contributed by atoms with Crippen molar-refractivity contribution in [1.82, 2.24) is 14.8 Å². The van der Waals surface area contributed by atoms with Crippen LogP contribution in [0.1, 0.15) is 18.1 Å². The van der Waals surface area contributed by atoms with Gasteiger partial charge in [-0.3, -0.25) is 4.57 Å². The third-order valence-electron chi connectivity index (χ3n) is 3.18. The van der Waals surface area contributed by atoms with E-state index in [0.29, 0.717) is 4.77 Å². The highest BCUT2D eigenvalue weighted by Crippen LogP contribution is 2.26. The second-order valence-electron chi connectivity index (χ2n) is 4.20. The summed E-state index contributed by atoms with van der Waals surface area (Å²) in [5.41, 5.74) is 2.76. The normalized spacial score (nSPS) is 14.1. The lowest BCUT2D eigenvalue weighted by Gasteiger charge is -2.16. The molecule has 0 aliphatic carbocycles. The Kier molecular flexibility index (Phi) is 2.48. The number of H-pyrrole nitrogens is 1. The summed E-state index contributed by atoms with van der Waals surface area (Å²) in [7, 11) is 0. The summed E-state index contributed by atoms with van der Waals surface area (Å²) < 4.78 is 2.72. The van der Waals surface area contributed by atoms with Gasteiger partial charge >= 0.3 is 0 Å². The zero-order valence-electron chi connectivity index (χ0n) is 9.68. The van der Waals surface area contributed by atoms with Crippen molar-refractivity contribution < 1.29 is 0 Å². The molecule has 2 heterocycles. The van der Waals surface area contributed by atoms with Crippen LogP contribution in [0.5, 0.6) is 0 Å². The van der Waals surface area contributed by atoms with E-state index in [0.717, 1.165) is 25.6 Å². The minimum Gasteiger partial charge on any atom is -0.332 e. The van der Waals surface area contributed by atoms with Gasteiger partial charge < -0.3 is 4.90 Å². The molecule has 3 rings (SSSR count). The number of nitrogens with zero attached hydrogens (tertiary/aromatic N) is 3. The molecule has 0 saturated carbocycles. The highest BCUT2D eigenvalue weighted by atomic mass is 32.1. The Morgan fingerprint density at radius 2 is 1.94 bits per heavy atom. The molecule has 1 aromatic heterocycles. The number of nitrogens with one attached hydrogen (secondary N) is 1. The number of benzene rings is 1. The smallest absolute Gasteiger partial charge is 0.226 e. The van der Waals surface area contributed by atoms with E-state index in [2.05, 4.69) is 46.3 Å². The first kappa shape index (κ1) is 10.5. The van der Waals surface area contributed by atoms with E-state index in [1.54, 1.807) is 0 Å². The molecule has 0 radical (unpaired) electrons. The first-order chi connectivity index (χ1) is 8.29. The van der Waals surface area contributed by atoms with Crippen LogP contribution in [0.4, 0.5) is 5.95 Å². The van der Waals surface area contributed by atoms with Crippen LogP contribution >= 0.6 is 12.2 Å². The summed E-state index contributed by atoms with van der Waals surface area (Å²) in [4.78, 5) is 2.25. The van der Waals surface area contributed by atoms with Gasteiger partial charge in [0, 0.05) is 19.6 Å². The van der Waals surface area contributed by atoms with Gasteiger partial charge in [-0.15, -0.1) is 5.10 Å². The maximum Gasteiger partial charge on any atom is 0.226 e. The van der Waals surface area contributed by atoms with Crippen LogP contribution in [0.25, 0.3) is 0 Å². The molecule has 0 bridgehead atoms. The van der Waals surface area contributed by atoms with Crippen molar-refractivity contribution in [2.75, 3.05) is 4.90 Å². The highest BCUT2D eigenvalue weighted by Gasteiger charge is 2.22. The minimum absolute atomic E-state index is 0.693. The zero-order valence-corrected chi connectivity index (χ0v) is 10.5. The Morgan fingerprint density at radius 3 is 2.53 bits per heavy atom. The number of hydrogen-bond donors (Lipinski definition) is 1. The quantitative estimate of drug-likeness (QED) is 0.827. The number of anilines is 1. The van der Waals surface area contributed by atoms with Crippen molar-refractivity contribution in [3.8, 4) is 0 Å². The van der Waals surface area contributed by atoms with E-state index in [1.807, 2.05) is 4.57 Å². The van der Waals surface area contributed by atoms with Crippen molar-refractivity contribution in [3.05, 3.63) is 40.2 Å². The molecule has 4 nitrogen and oxygen atoms in total. The third-order valence-corrected chi connectivity index (χ3v) is 3.49. The minimum atomic E-state index is 0.693. The van der Waals surface area contributed by atoms with Gasteiger partial charge in [0.05, 0.1) is 0 Å². The summed E-state index contributed by atoms with van der Waals surface area (Å²) in [5, 5.41) is 7.19. The predicted molar refractivity (Wildman–Crippen MR) is 69.4 cm³/mol. The molecule has 0 amide bonds. The third kappa shape index (κ3) is 1.67. The first-order valence-corrected chi connectivity index (χ1v) is 6.17. The monoisotopic (exact) mass is 246 g/mol. The Labute approximate surface area is 105 Å². The molecule has 1 aliphatic rings. The summed E-state index contributed by atoms with van der Waals surface area (Å²) in [6.45, 7) is 4.75. The van der Waals surface area contributed by atoms with Crippen LogP contribution in [-0.2, 0) is 19.6 Å². The molecule has 0 spiro atoms. The second kappa shape index (κ2) is 4.00. The van der Waals surface area contributed by atoms with Gasteiger partial charge in [0.25, 0.3) is 0 Å². The first-order valence-electron chi connectivity index (χ1n) is 5.76. The lowest BCUT2D eigenvalue weighted by molar-refractivity contribution is 0.704. The van der Waals surface area contributed by atoms with Crippen molar-refractivity contribution >= 4 is 18.2 Å². The van der Waals surface area contributed by atoms with Gasteiger partial charge in [-0.2, -0.15) is 0 Å². The number of aromatic amines is 1. The molecule has 1 aromatic carbocycles. The van der Waals surface area contributed by atoms with E-state index in [1.165, 1.54) is 11.1 Å². The molecule has 2 aromatic rings. The van der Waals surface area contributed by atoms with E-state index in [9.17, 15) is 0 Å². The molecular formula is C12H14N4S. The Balaban J connectivity index is 1.96. The Hall–Kier alpha value is -1.62. The van der Waals surface area contributed by atoms with Gasteiger partial charge in [-0.25, -0.2) is 5.10 Å². The standard InChI is InChI=1S/C12H14N4S/c1-2-16-11(13-14-12(16)17)15-7-9-5-3-4-6-10(9)8-15/h3-6H,2,7-8H2,1H3,(H,14,17). The largest absolute Gasteiger partial charge is 0.332 e. The van der Waals surface area contributed by atoms with Crippen LogP contribution in [0.15, 0.2) is 24.3 Å². The van der Waals surface area contributed by atoms with E-state index in [4.69, 9.17) is 12.2 Å². The van der Waals surface area contributed by atoms with Crippen LogP contribution < -0.4 is 4.90 Å². The summed E-state index contributed by atoms with van der Waals surface area (Å²) in [6.07, 6.45) is 0. The fourth-order valence-electron chi connectivity index (χ4n) is 2.31. The lowest BCUT2D eigenvalue weighted by Crippen LogP contribution is -2.19. The molecular weight excluding hydrogens is 232 g/mol. The summed E-state index contributed by atoms with van der Waals surface area (Å²) in [6, 6.07) is 8.51. The zero-order chi connectivity index (χ0) is 11.8. The van der Waals surface area contributed by atoms with Gasteiger partial charge in [0.1, 0.15) is 0 Å². The van der Waals surface area contributed by atoms with Crippen molar-refractivity contribution in [3.63, 3.8) is 0 Å². The lowest BCUT2D eigenvalue weighted by atomic mass is 10.1. The van der Waals surface area contributed by atoms with E-state index >= 15 is 0 Å². The average molecular weight is 246 g/mol. The molecule has 1 aliphatic heterocycles. The van der Waals surface area contributed by atoms with Crippen LogP contribution in [0.2, 0.25) is 0 Å². The van der Waals surface area contributed by atoms with Gasteiger partial charge in [0.2, 0.25) is 5.95 Å². The highest BCUT2D eigenvalue weighted by molar-refractivity contribution is 7.71. The van der Waals surface area contributed by atoms with Gasteiger partial charge in [-0.05, 0) is 30.3 Å². The molecule has 0 fully saturated rings. The molecule has 5 heteroatoms. The summed E-state index contributed by atoms with van der Waals surface area (Å²) in [5.74, 6) is 0.939. The topological polar surface area (TPSA) is 36.9 Å². The van der Waals surface area contributed by atoms with Crippen LogP contribution in [-0.4, -0.2) is 14.8 Å². The van der Waals surface area contributed by atoms with Gasteiger partial charge in [0.15, 0.2) is 4.77 Å². The van der Waals surface area contributed by atoms with Crippen molar-refractivity contribution in [2.45, 2.75) is 26.6 Å². The fraction of sp³-hybridized carbons (Fsp3) is 0.333. The van der Waals surface area contributed by atoms with Gasteiger partial charge in [-0.1, -0.05) is 24.3 Å². The molecule has 88 valence electrons. The SMILES string of the molecule is CCn1c(N2Cc3ccccc3C2)n[nH]c1=S. The maximum atomic E-state index is 5.21. The molecule has 0 unspecified atom stereocenters. The van der Waals surface area contributed by atoms with E-state index in [-0.39, 0.29) is 0 Å². The summed E-state index contributed by atoms with van der Waals surface area (Å²) >= 11 is 5.21. The molecule has 17 heavy (non-hydrogen) atoms. The maximum absolute atomic E-state index is 5.21. The van der Waals surface area contributed by atoms with Crippen molar-refractivity contribution in [1.29, 1.82) is 0 Å². The van der Waals surface area contributed by atoms with Crippen molar-refractivity contribution in [2.24, 2.45) is 0 Å². The number of hydrogen-bond acceptors (Lipinski definition) is 3. The number of aromatic nitrogens is 3. The van der Waals surface area contributed by atoms with E-state index < -0.39 is 0 Å². The fourth-order valence-corrected chi connectivity index (χ4v) is 2.57. The average Bonchev–Trinajstić information content (AvgIpc) is 2.91. The van der Waals surface area contributed by atoms with Crippen LogP contribution in [0.3, 0.4) is 0 Å². The Morgan fingerprint density at radius 1 is 1.29 bits per heavy atom. The molecule has 0 atom stereocenters.